The first-order valence-corrected chi connectivity index (χ1v) is 9.04. The third kappa shape index (κ3) is 5.11. The molecule has 2 rings (SSSR count). The second-order valence-corrected chi connectivity index (χ2v) is 6.69. The van der Waals surface area contributed by atoms with E-state index in [0.717, 1.165) is 37.5 Å². The van der Waals surface area contributed by atoms with E-state index in [-0.39, 0.29) is 18.0 Å². The highest BCUT2D eigenvalue weighted by molar-refractivity contribution is 5.78. The molecule has 1 aromatic rings. The van der Waals surface area contributed by atoms with Crippen LogP contribution in [0.3, 0.4) is 0 Å². The van der Waals surface area contributed by atoms with E-state index < -0.39 is 0 Å². The number of nitrogens with zero attached hydrogens (tertiary/aromatic N) is 3. The molecular weight excluding hydrogens is 332 g/mol. The molecule has 1 N–H and O–H groups in total. The Morgan fingerprint density at radius 1 is 1.23 bits per heavy atom. The summed E-state index contributed by atoms with van der Waals surface area (Å²) in [4.78, 5) is 30.3. The molecule has 7 nitrogen and oxygen atoms in total. The van der Waals surface area contributed by atoms with Crippen LogP contribution in [0.5, 0.6) is 5.75 Å². The van der Waals surface area contributed by atoms with Gasteiger partial charge < -0.3 is 24.8 Å². The van der Waals surface area contributed by atoms with Gasteiger partial charge in [-0.3, -0.25) is 4.79 Å². The summed E-state index contributed by atoms with van der Waals surface area (Å²) in [5.74, 6) is 0.851. The van der Waals surface area contributed by atoms with Crippen LogP contribution in [-0.4, -0.2) is 80.6 Å². The molecule has 0 spiro atoms. The number of ether oxygens (including phenoxy) is 1. The first-order valence-electron chi connectivity index (χ1n) is 9.04. The minimum atomic E-state index is -0.199. The van der Waals surface area contributed by atoms with Crippen LogP contribution in [0.2, 0.25) is 0 Å². The van der Waals surface area contributed by atoms with Gasteiger partial charge in [0.05, 0.1) is 13.2 Å². The first-order chi connectivity index (χ1) is 12.4. The number of hydrogen-bond acceptors (Lipinski definition) is 4. The van der Waals surface area contributed by atoms with Gasteiger partial charge >= 0.3 is 6.03 Å². The number of amides is 3. The number of nitrogens with one attached hydrogen (secondary N) is 1. The number of urea groups is 1. The van der Waals surface area contributed by atoms with Gasteiger partial charge in [-0.2, -0.15) is 0 Å². The zero-order valence-corrected chi connectivity index (χ0v) is 16.2. The average molecular weight is 362 g/mol. The van der Waals surface area contributed by atoms with Crippen LogP contribution in [0.25, 0.3) is 0 Å². The molecule has 0 aromatic heterocycles. The molecule has 3 amide bonds. The summed E-state index contributed by atoms with van der Waals surface area (Å²) in [5.41, 5.74) is 0.946. The second-order valence-electron chi connectivity index (χ2n) is 6.69. The monoisotopic (exact) mass is 362 g/mol. The Kier molecular flexibility index (Phi) is 7.26. The van der Waals surface area contributed by atoms with Crippen molar-refractivity contribution in [1.29, 1.82) is 0 Å². The van der Waals surface area contributed by atoms with E-state index in [0.29, 0.717) is 13.0 Å². The zero-order chi connectivity index (χ0) is 19.1. The molecule has 1 fully saturated rings. The van der Waals surface area contributed by atoms with Crippen molar-refractivity contribution in [2.24, 2.45) is 0 Å². The van der Waals surface area contributed by atoms with Gasteiger partial charge in [-0.1, -0.05) is 18.2 Å². The highest BCUT2D eigenvalue weighted by Crippen LogP contribution is 2.27. The topological polar surface area (TPSA) is 65.1 Å². The highest BCUT2D eigenvalue weighted by atomic mass is 16.5. The van der Waals surface area contributed by atoms with E-state index >= 15 is 0 Å². The lowest BCUT2D eigenvalue weighted by atomic mass is 10.1. The van der Waals surface area contributed by atoms with E-state index in [2.05, 4.69) is 17.3 Å². The molecule has 0 unspecified atom stereocenters. The molecule has 26 heavy (non-hydrogen) atoms. The number of rotatable bonds is 6. The fourth-order valence-corrected chi connectivity index (χ4v) is 3.01. The largest absolute Gasteiger partial charge is 0.496 e. The Labute approximate surface area is 155 Å². The summed E-state index contributed by atoms with van der Waals surface area (Å²) in [5, 5.41) is 2.84. The Morgan fingerprint density at radius 2 is 1.88 bits per heavy atom. The molecule has 144 valence electrons. The molecule has 7 heteroatoms. The fraction of sp³-hybridized carbons (Fsp3) is 0.579. The number of carbonyl (C=O) groups excluding carboxylic acids is 2. The van der Waals surface area contributed by atoms with E-state index in [9.17, 15) is 9.59 Å². The second kappa shape index (κ2) is 9.43. The van der Waals surface area contributed by atoms with Crippen molar-refractivity contribution < 1.29 is 14.3 Å². The van der Waals surface area contributed by atoms with E-state index in [4.69, 9.17) is 4.74 Å². The summed E-state index contributed by atoms with van der Waals surface area (Å²) in [7, 11) is 5.42. The standard InChI is InChI=1S/C19H30N4O3/c1-15(16-7-5-6-8-17(16)26-4)22(3)19(25)20-10-9-18(24)23-13-11-21(2)12-14-23/h5-8,15H,9-14H2,1-4H3,(H,20,25)/t15-/m0/s1. The van der Waals surface area contributed by atoms with Crippen molar-refractivity contribution >= 4 is 11.9 Å². The molecule has 0 saturated carbocycles. The summed E-state index contributed by atoms with van der Waals surface area (Å²) in [6.45, 7) is 5.61. The number of likely N-dealkylation sites (N-methyl/N-ethyl adjacent to an activating group) is 1. The molecule has 1 heterocycles. The Hall–Kier alpha value is -2.28. The molecule has 1 aromatic carbocycles. The van der Waals surface area contributed by atoms with Gasteiger partial charge in [-0.05, 0) is 20.0 Å². The van der Waals surface area contributed by atoms with Gasteiger partial charge in [0, 0.05) is 51.8 Å². The summed E-state index contributed by atoms with van der Waals surface area (Å²) in [6, 6.07) is 7.32. The van der Waals surface area contributed by atoms with Crippen molar-refractivity contribution in [3.8, 4) is 5.75 Å². The van der Waals surface area contributed by atoms with E-state index in [1.54, 1.807) is 19.1 Å². The molecule has 1 atom stereocenters. The third-order valence-corrected chi connectivity index (χ3v) is 4.96. The minimum Gasteiger partial charge on any atom is -0.496 e. The number of carbonyl (C=O) groups is 2. The normalized spacial score (nSPS) is 16.1. The lowest BCUT2D eigenvalue weighted by molar-refractivity contribution is -0.132. The quantitative estimate of drug-likeness (QED) is 0.834. The molecule has 0 radical (unpaired) electrons. The average Bonchev–Trinajstić information content (AvgIpc) is 2.67. The van der Waals surface area contributed by atoms with Gasteiger partial charge in [0.25, 0.3) is 0 Å². The smallest absolute Gasteiger partial charge is 0.317 e. The number of hydrogen-bond donors (Lipinski definition) is 1. The minimum absolute atomic E-state index is 0.0961. The number of benzene rings is 1. The van der Waals surface area contributed by atoms with Crippen molar-refractivity contribution in [3.05, 3.63) is 29.8 Å². The lowest BCUT2D eigenvalue weighted by Crippen LogP contribution is -2.48. The zero-order valence-electron chi connectivity index (χ0n) is 16.2. The maximum atomic E-state index is 12.4. The Morgan fingerprint density at radius 3 is 2.54 bits per heavy atom. The van der Waals surface area contributed by atoms with Crippen LogP contribution in [0.4, 0.5) is 4.79 Å². The predicted molar refractivity (Wildman–Crippen MR) is 101 cm³/mol. The summed E-state index contributed by atoms with van der Waals surface area (Å²) < 4.78 is 5.37. The summed E-state index contributed by atoms with van der Waals surface area (Å²) in [6.07, 6.45) is 0.326. The van der Waals surface area contributed by atoms with Crippen LogP contribution in [0, 0.1) is 0 Å². The van der Waals surface area contributed by atoms with Crippen LogP contribution in [0.15, 0.2) is 24.3 Å². The molecule has 0 bridgehead atoms. The predicted octanol–water partition coefficient (Wildman–Crippen LogP) is 1.56. The van der Waals surface area contributed by atoms with Crippen LogP contribution in [-0.2, 0) is 4.79 Å². The van der Waals surface area contributed by atoms with Gasteiger partial charge in [-0.15, -0.1) is 0 Å². The molecular formula is C19H30N4O3. The molecule has 0 aliphatic carbocycles. The molecule has 1 aliphatic rings. The van der Waals surface area contributed by atoms with E-state index in [1.807, 2.05) is 36.1 Å². The molecule has 1 aliphatic heterocycles. The Bertz CT molecular complexity index is 615. The van der Waals surface area contributed by atoms with Crippen LogP contribution in [0.1, 0.15) is 24.9 Å². The third-order valence-electron chi connectivity index (χ3n) is 4.96. The van der Waals surface area contributed by atoms with Gasteiger partial charge in [0.2, 0.25) is 5.91 Å². The lowest BCUT2D eigenvalue weighted by Gasteiger charge is -2.32. The highest BCUT2D eigenvalue weighted by Gasteiger charge is 2.21. The SMILES string of the molecule is COc1ccccc1[C@H](C)N(C)C(=O)NCCC(=O)N1CCN(C)CC1. The first kappa shape index (κ1) is 20.0. The number of methoxy groups -OCH3 is 1. The van der Waals surface area contributed by atoms with Crippen molar-refractivity contribution in [2.45, 2.75) is 19.4 Å². The van der Waals surface area contributed by atoms with Crippen molar-refractivity contribution in [2.75, 3.05) is 53.9 Å². The van der Waals surface area contributed by atoms with Crippen molar-refractivity contribution in [3.63, 3.8) is 0 Å². The van der Waals surface area contributed by atoms with Gasteiger partial charge in [0.15, 0.2) is 0 Å². The van der Waals surface area contributed by atoms with Gasteiger partial charge in [0.1, 0.15) is 5.75 Å². The van der Waals surface area contributed by atoms with E-state index in [1.165, 1.54) is 0 Å². The maximum Gasteiger partial charge on any atom is 0.317 e. The number of piperazine rings is 1. The maximum absolute atomic E-state index is 12.4. The number of para-hydroxylation sites is 1. The summed E-state index contributed by atoms with van der Waals surface area (Å²) >= 11 is 0. The van der Waals surface area contributed by atoms with Crippen LogP contribution >= 0.6 is 0 Å². The van der Waals surface area contributed by atoms with Crippen molar-refractivity contribution in [1.82, 2.24) is 20.0 Å². The Balaban J connectivity index is 1.80. The van der Waals surface area contributed by atoms with Gasteiger partial charge in [-0.25, -0.2) is 4.79 Å². The fourth-order valence-electron chi connectivity index (χ4n) is 3.01. The van der Waals surface area contributed by atoms with Crippen LogP contribution < -0.4 is 10.1 Å². The molecule has 1 saturated heterocycles.